The largest absolute Gasteiger partial charge is 0.454 e. The minimum absolute atomic E-state index is 1.48. The van der Waals surface area contributed by atoms with E-state index in [9.17, 15) is 35.1 Å². The summed E-state index contributed by atoms with van der Waals surface area (Å²) in [4.78, 5) is 1.48. The van der Waals surface area contributed by atoms with Crippen LogP contribution in [0.2, 0.25) is 0 Å². The van der Waals surface area contributed by atoms with E-state index in [4.69, 9.17) is 5.26 Å². The highest BCUT2D eigenvalue weighted by Crippen LogP contribution is 2.50. The van der Waals surface area contributed by atoms with E-state index in [1.807, 2.05) is 0 Å². The Bertz CT molecular complexity index is 202. The zero-order valence-corrected chi connectivity index (χ0v) is 5.84. The number of halogens is 8. The third-order valence-electron chi connectivity index (χ3n) is 1.10. The van der Waals surface area contributed by atoms with Gasteiger partial charge >= 0.3 is 24.4 Å². The van der Waals surface area contributed by atoms with E-state index in [0.717, 1.165) is 0 Å². The molecule has 0 rings (SSSR count). The standard InChI is InChI=1S/C4F8O2/c5-1(6)2(7,8)3(9,10)4(11,12)14-13. The van der Waals surface area contributed by atoms with Crippen LogP contribution in [-0.2, 0) is 10.1 Å². The molecule has 2 radical (unpaired) electrons. The van der Waals surface area contributed by atoms with Crippen LogP contribution in [0.1, 0.15) is 0 Å². The molecule has 0 aliphatic carbocycles. The maximum absolute atomic E-state index is 11.9. The second-order valence-electron chi connectivity index (χ2n) is 2.01. The highest BCUT2D eigenvalue weighted by atomic mass is 19.4. The molecule has 0 fully saturated rings. The fourth-order valence-corrected chi connectivity index (χ4v) is 0.354. The van der Waals surface area contributed by atoms with Crippen molar-refractivity contribution in [1.29, 1.82) is 0 Å². The highest BCUT2D eigenvalue weighted by molar-refractivity contribution is 5.00. The van der Waals surface area contributed by atoms with E-state index in [0.29, 0.717) is 0 Å². The Balaban J connectivity index is 5.14. The van der Waals surface area contributed by atoms with Gasteiger partial charge in [-0.3, -0.25) is 0 Å². The molecular weight excluding hydrogens is 232 g/mol. The fourth-order valence-electron chi connectivity index (χ4n) is 0.354. The molecule has 0 aliphatic rings. The third kappa shape index (κ3) is 1.75. The van der Waals surface area contributed by atoms with Crippen molar-refractivity contribution >= 4 is 0 Å². The fraction of sp³-hybridized carbons (Fsp3) is 0.750. The van der Waals surface area contributed by atoms with Gasteiger partial charge in [0.25, 0.3) is 0 Å². The summed E-state index contributed by atoms with van der Waals surface area (Å²) in [6.07, 6.45) is -10.5. The molecule has 0 unspecified atom stereocenters. The smallest absolute Gasteiger partial charge is 0.192 e. The molecule has 0 heterocycles. The summed E-state index contributed by atoms with van der Waals surface area (Å²) in [5.74, 6) is -13.1. The molecule has 0 saturated heterocycles. The first-order chi connectivity index (χ1) is 6.00. The summed E-state index contributed by atoms with van der Waals surface area (Å²) < 4.78 is 93.0. The highest BCUT2D eigenvalue weighted by Gasteiger charge is 2.78. The maximum Gasteiger partial charge on any atom is 0.454 e. The lowest BCUT2D eigenvalue weighted by atomic mass is 10.1. The van der Waals surface area contributed by atoms with Crippen molar-refractivity contribution in [2.75, 3.05) is 0 Å². The molecule has 0 aromatic carbocycles. The molecule has 0 N–H and O–H groups in total. The number of rotatable bonds is 4. The Hall–Kier alpha value is -0.640. The van der Waals surface area contributed by atoms with Crippen LogP contribution >= 0.6 is 0 Å². The average Bonchev–Trinajstić information content (AvgIpc) is 2.03. The Labute approximate surface area is 71.0 Å². The van der Waals surface area contributed by atoms with E-state index >= 15 is 0 Å². The van der Waals surface area contributed by atoms with Gasteiger partial charge in [0.2, 0.25) is 0 Å². The van der Waals surface area contributed by atoms with Crippen molar-refractivity contribution in [3.63, 3.8) is 0 Å². The average molecular weight is 232 g/mol. The predicted molar refractivity (Wildman–Crippen MR) is 22.1 cm³/mol. The van der Waals surface area contributed by atoms with Gasteiger partial charge in [-0.05, 0) is 5.26 Å². The summed E-state index contributed by atoms with van der Waals surface area (Å²) in [7, 11) is 0. The zero-order valence-electron chi connectivity index (χ0n) is 5.84. The third-order valence-corrected chi connectivity index (χ3v) is 1.10. The molecule has 0 spiro atoms. The minimum atomic E-state index is -6.62. The molecule has 2 nitrogen and oxygen atoms in total. The van der Waals surface area contributed by atoms with Crippen LogP contribution in [0, 0.1) is 6.43 Å². The Morgan fingerprint density at radius 3 is 1.50 bits per heavy atom. The van der Waals surface area contributed by atoms with Gasteiger partial charge in [0.05, 0.1) is 0 Å². The monoisotopic (exact) mass is 232 g/mol. The number of hydrogen-bond donors (Lipinski definition) is 0. The van der Waals surface area contributed by atoms with Crippen molar-refractivity contribution < 1.29 is 45.3 Å². The molecule has 10 heteroatoms. The molecule has 14 heavy (non-hydrogen) atoms. The Morgan fingerprint density at radius 2 is 1.29 bits per heavy atom. The van der Waals surface area contributed by atoms with Gasteiger partial charge in [-0.2, -0.15) is 35.1 Å². The quantitative estimate of drug-likeness (QED) is 0.416. The van der Waals surface area contributed by atoms with E-state index in [1.54, 1.807) is 0 Å². The number of hydrogen-bond acceptors (Lipinski definition) is 1. The summed E-state index contributed by atoms with van der Waals surface area (Å²) in [6.45, 7) is 0. The molecule has 0 aromatic rings. The van der Waals surface area contributed by atoms with Crippen molar-refractivity contribution in [2.24, 2.45) is 0 Å². The van der Waals surface area contributed by atoms with Gasteiger partial charge in [0.1, 0.15) is 0 Å². The van der Waals surface area contributed by atoms with E-state index in [-0.39, 0.29) is 0 Å². The van der Waals surface area contributed by atoms with E-state index in [2.05, 4.69) is 0 Å². The first-order valence-electron chi connectivity index (χ1n) is 2.63. The van der Waals surface area contributed by atoms with Gasteiger partial charge in [-0.1, -0.05) is 0 Å². The maximum atomic E-state index is 11.9. The molecule has 0 aromatic heterocycles. The second kappa shape index (κ2) is 3.50. The molecular formula is C4F8O2. The van der Waals surface area contributed by atoms with Crippen LogP contribution in [0.4, 0.5) is 35.1 Å². The van der Waals surface area contributed by atoms with Gasteiger partial charge in [-0.25, -0.2) is 0 Å². The van der Waals surface area contributed by atoms with Crippen molar-refractivity contribution in [3.8, 4) is 0 Å². The molecule has 0 bridgehead atoms. The van der Waals surface area contributed by atoms with Gasteiger partial charge < -0.3 is 0 Å². The molecule has 84 valence electrons. The summed E-state index contributed by atoms with van der Waals surface area (Å²) in [5, 5.41) is 8.95. The van der Waals surface area contributed by atoms with Crippen LogP contribution in [0.25, 0.3) is 0 Å². The van der Waals surface area contributed by atoms with Crippen molar-refractivity contribution in [1.82, 2.24) is 0 Å². The molecule has 0 amide bonds. The Morgan fingerprint density at radius 1 is 0.929 bits per heavy atom. The number of alkyl halides is 6. The Kier molecular flexibility index (Phi) is 3.34. The van der Waals surface area contributed by atoms with Crippen LogP contribution in [0.15, 0.2) is 0 Å². The zero-order chi connectivity index (χ0) is 11.8. The predicted octanol–water partition coefficient (Wildman–Crippen LogP) is 2.64. The molecule has 0 atom stereocenters. The summed E-state index contributed by atoms with van der Waals surface area (Å²) >= 11 is 0. The summed E-state index contributed by atoms with van der Waals surface area (Å²) in [6, 6.07) is 0. The van der Waals surface area contributed by atoms with E-state index in [1.165, 1.54) is 4.89 Å². The first-order valence-corrected chi connectivity index (χ1v) is 2.63. The van der Waals surface area contributed by atoms with Crippen LogP contribution in [-0.4, -0.2) is 18.0 Å². The van der Waals surface area contributed by atoms with Crippen molar-refractivity contribution in [3.05, 3.63) is 6.43 Å². The topological polar surface area (TPSA) is 29.1 Å². The molecule has 0 saturated carbocycles. The van der Waals surface area contributed by atoms with Crippen LogP contribution in [0.3, 0.4) is 0 Å². The molecule has 0 aliphatic heterocycles. The lowest BCUT2D eigenvalue weighted by molar-refractivity contribution is -0.515. The second-order valence-corrected chi connectivity index (χ2v) is 2.01. The first kappa shape index (κ1) is 13.4. The van der Waals surface area contributed by atoms with Crippen LogP contribution in [0.5, 0.6) is 0 Å². The minimum Gasteiger partial charge on any atom is -0.192 e. The van der Waals surface area contributed by atoms with Crippen molar-refractivity contribution in [2.45, 2.75) is 18.0 Å². The summed E-state index contributed by atoms with van der Waals surface area (Å²) in [5.41, 5.74) is 0. The van der Waals surface area contributed by atoms with Gasteiger partial charge in [0, 0.05) is 0 Å². The van der Waals surface area contributed by atoms with Gasteiger partial charge in [-0.15, -0.1) is 4.89 Å². The van der Waals surface area contributed by atoms with Gasteiger partial charge in [0.15, 0.2) is 0 Å². The lowest BCUT2D eigenvalue weighted by Gasteiger charge is -2.28. The van der Waals surface area contributed by atoms with E-state index < -0.39 is 24.4 Å². The lowest BCUT2D eigenvalue weighted by Crippen LogP contribution is -2.56. The SMILES string of the molecule is [O]OC(F)(F)C(F)(F)C(F)(F)[C](F)F. The normalized spacial score (nSPS) is 15.0. The van der Waals surface area contributed by atoms with Crippen LogP contribution < -0.4 is 0 Å².